The first-order valence-corrected chi connectivity index (χ1v) is 7.52. The molecule has 0 aromatic rings. The highest BCUT2D eigenvalue weighted by molar-refractivity contribution is 6.02. The number of ketones is 1. The Morgan fingerprint density at radius 3 is 2.23 bits per heavy atom. The second kappa shape index (κ2) is 6.46. The van der Waals surface area contributed by atoms with Gasteiger partial charge in [0.15, 0.2) is 5.78 Å². The number of fused-ring (bicyclic) bond motifs is 1. The first-order chi connectivity index (χ1) is 10.4. The van der Waals surface area contributed by atoms with Crippen LogP contribution in [0.2, 0.25) is 0 Å². The van der Waals surface area contributed by atoms with Crippen molar-refractivity contribution >= 4 is 17.7 Å². The number of ether oxygens (including phenoxy) is 2. The second-order valence-corrected chi connectivity index (χ2v) is 6.18. The summed E-state index contributed by atoms with van der Waals surface area (Å²) in [6, 6.07) is 0. The molecule has 5 heteroatoms. The van der Waals surface area contributed by atoms with E-state index in [0.29, 0.717) is 24.0 Å². The molecule has 0 saturated heterocycles. The Bertz CT molecular complexity index is 555. The highest BCUT2D eigenvalue weighted by Gasteiger charge is 2.43. The summed E-state index contributed by atoms with van der Waals surface area (Å²) in [5, 5.41) is 0. The summed E-state index contributed by atoms with van der Waals surface area (Å²) in [5.74, 6) is -1.36. The van der Waals surface area contributed by atoms with Crippen LogP contribution >= 0.6 is 0 Å². The van der Waals surface area contributed by atoms with Crippen molar-refractivity contribution in [3.05, 3.63) is 23.3 Å². The van der Waals surface area contributed by atoms with E-state index in [1.54, 1.807) is 0 Å². The Morgan fingerprint density at radius 2 is 1.68 bits per heavy atom. The number of hydrogen-bond donors (Lipinski definition) is 0. The minimum Gasteiger partial charge on any atom is -0.466 e. The summed E-state index contributed by atoms with van der Waals surface area (Å²) in [7, 11) is 2.65. The van der Waals surface area contributed by atoms with E-state index in [-0.39, 0.29) is 35.4 Å². The summed E-state index contributed by atoms with van der Waals surface area (Å²) in [6.45, 7) is 3.95. The lowest BCUT2D eigenvalue weighted by molar-refractivity contribution is -0.138. The molecule has 0 unspecified atom stereocenters. The van der Waals surface area contributed by atoms with Gasteiger partial charge in [-0.15, -0.1) is 0 Å². The fourth-order valence-corrected chi connectivity index (χ4v) is 3.46. The molecule has 0 radical (unpaired) electrons. The molecule has 2 rings (SSSR count). The van der Waals surface area contributed by atoms with Crippen LogP contribution in [0.15, 0.2) is 23.3 Å². The molecule has 2 aliphatic rings. The molecule has 0 bridgehead atoms. The van der Waals surface area contributed by atoms with Crippen LogP contribution in [0, 0.1) is 23.7 Å². The minimum atomic E-state index is -0.493. The van der Waals surface area contributed by atoms with Crippen LogP contribution in [-0.2, 0) is 23.9 Å². The van der Waals surface area contributed by atoms with Crippen molar-refractivity contribution in [2.45, 2.75) is 26.7 Å². The molecule has 0 N–H and O–H groups in total. The van der Waals surface area contributed by atoms with Gasteiger partial charge in [0.1, 0.15) is 0 Å². The van der Waals surface area contributed by atoms with Crippen LogP contribution in [0.4, 0.5) is 0 Å². The van der Waals surface area contributed by atoms with E-state index < -0.39 is 5.97 Å². The van der Waals surface area contributed by atoms with E-state index in [9.17, 15) is 14.4 Å². The average Bonchev–Trinajstić information content (AvgIpc) is 2.84. The number of hydrogen-bond acceptors (Lipinski definition) is 5. The standard InChI is InChI=1S/C17H22O5/c1-9(2)12-7-13-10(5-6-11(13)16(19)21-3)14(8-15(12)18)17(20)22-4/h6,8-10,12-13H,5,7H2,1-4H3/t10-,12-,13+/m1/s1. The zero-order valence-electron chi connectivity index (χ0n) is 13.4. The molecule has 3 atom stereocenters. The maximum absolute atomic E-state index is 12.4. The van der Waals surface area contributed by atoms with Crippen LogP contribution in [0.1, 0.15) is 26.7 Å². The smallest absolute Gasteiger partial charge is 0.334 e. The Morgan fingerprint density at radius 1 is 1.09 bits per heavy atom. The number of carbonyl (C=O) groups excluding carboxylic acids is 3. The van der Waals surface area contributed by atoms with Gasteiger partial charge in [0.2, 0.25) is 0 Å². The van der Waals surface area contributed by atoms with Crippen LogP contribution in [0.5, 0.6) is 0 Å². The zero-order valence-corrected chi connectivity index (χ0v) is 13.4. The lowest BCUT2D eigenvalue weighted by Crippen LogP contribution is -2.25. The maximum Gasteiger partial charge on any atom is 0.334 e. The SMILES string of the molecule is COC(=O)C1=CC[C@H]2C(C(=O)OC)=CC(=O)[C@@H](C(C)C)C[C@H]12. The van der Waals surface area contributed by atoms with Gasteiger partial charge >= 0.3 is 11.9 Å². The van der Waals surface area contributed by atoms with Crippen molar-refractivity contribution in [2.75, 3.05) is 14.2 Å². The predicted molar refractivity (Wildman–Crippen MR) is 79.7 cm³/mol. The van der Waals surface area contributed by atoms with Crippen molar-refractivity contribution in [3.63, 3.8) is 0 Å². The van der Waals surface area contributed by atoms with Crippen LogP contribution in [-0.4, -0.2) is 31.9 Å². The molecule has 120 valence electrons. The largest absolute Gasteiger partial charge is 0.466 e. The van der Waals surface area contributed by atoms with Crippen LogP contribution in [0.3, 0.4) is 0 Å². The van der Waals surface area contributed by atoms with E-state index in [0.717, 1.165) is 0 Å². The molecule has 0 aliphatic heterocycles. The third-order valence-electron chi connectivity index (χ3n) is 4.69. The summed E-state index contributed by atoms with van der Waals surface area (Å²) < 4.78 is 9.66. The van der Waals surface area contributed by atoms with E-state index in [2.05, 4.69) is 0 Å². The lowest BCUT2D eigenvalue weighted by atomic mass is 9.78. The maximum atomic E-state index is 12.4. The number of rotatable bonds is 3. The van der Waals surface area contributed by atoms with Crippen molar-refractivity contribution in [3.8, 4) is 0 Å². The number of esters is 2. The quantitative estimate of drug-likeness (QED) is 0.747. The predicted octanol–water partition coefficient (Wildman–Crippen LogP) is 2.07. The summed E-state index contributed by atoms with van der Waals surface area (Å²) in [5.41, 5.74) is 0.943. The highest BCUT2D eigenvalue weighted by Crippen LogP contribution is 2.44. The van der Waals surface area contributed by atoms with E-state index in [1.807, 2.05) is 19.9 Å². The Kier molecular flexibility index (Phi) is 4.84. The third-order valence-corrected chi connectivity index (χ3v) is 4.69. The average molecular weight is 306 g/mol. The molecular formula is C17H22O5. The highest BCUT2D eigenvalue weighted by atomic mass is 16.5. The van der Waals surface area contributed by atoms with Gasteiger partial charge in [-0.05, 0) is 30.8 Å². The van der Waals surface area contributed by atoms with Crippen molar-refractivity contribution in [1.29, 1.82) is 0 Å². The summed E-state index contributed by atoms with van der Waals surface area (Å²) >= 11 is 0. The van der Waals surface area contributed by atoms with Gasteiger partial charge in [0, 0.05) is 23.0 Å². The van der Waals surface area contributed by atoms with Crippen molar-refractivity contribution < 1.29 is 23.9 Å². The molecular weight excluding hydrogens is 284 g/mol. The first-order valence-electron chi connectivity index (χ1n) is 7.52. The van der Waals surface area contributed by atoms with Gasteiger partial charge in [-0.3, -0.25) is 4.79 Å². The van der Waals surface area contributed by atoms with Gasteiger partial charge < -0.3 is 9.47 Å². The topological polar surface area (TPSA) is 69.7 Å². The monoisotopic (exact) mass is 306 g/mol. The second-order valence-electron chi connectivity index (χ2n) is 6.18. The zero-order chi connectivity index (χ0) is 16.4. The number of methoxy groups -OCH3 is 2. The van der Waals surface area contributed by atoms with E-state index >= 15 is 0 Å². The van der Waals surface area contributed by atoms with Gasteiger partial charge in [-0.1, -0.05) is 19.9 Å². The number of allylic oxidation sites excluding steroid dienone is 2. The fourth-order valence-electron chi connectivity index (χ4n) is 3.46. The molecule has 0 heterocycles. The van der Waals surface area contributed by atoms with Gasteiger partial charge in [-0.2, -0.15) is 0 Å². The molecule has 2 aliphatic carbocycles. The minimum absolute atomic E-state index is 0.0611. The Hall–Kier alpha value is -1.91. The van der Waals surface area contributed by atoms with Crippen LogP contribution < -0.4 is 0 Å². The number of carbonyl (C=O) groups is 3. The van der Waals surface area contributed by atoms with Crippen LogP contribution in [0.25, 0.3) is 0 Å². The molecule has 5 nitrogen and oxygen atoms in total. The molecule has 0 fully saturated rings. The summed E-state index contributed by atoms with van der Waals surface area (Å²) in [6.07, 6.45) is 4.35. The molecule has 0 spiro atoms. The Labute approximate surface area is 130 Å². The first kappa shape index (κ1) is 16.5. The van der Waals surface area contributed by atoms with E-state index in [1.165, 1.54) is 20.3 Å². The summed E-state index contributed by atoms with van der Waals surface area (Å²) in [4.78, 5) is 36.5. The Balaban J connectivity index is 2.43. The third kappa shape index (κ3) is 2.85. The van der Waals surface area contributed by atoms with E-state index in [4.69, 9.17) is 9.47 Å². The van der Waals surface area contributed by atoms with Gasteiger partial charge in [-0.25, -0.2) is 9.59 Å². The molecule has 0 aromatic heterocycles. The molecule has 22 heavy (non-hydrogen) atoms. The van der Waals surface area contributed by atoms with Gasteiger partial charge in [0.05, 0.1) is 14.2 Å². The fraction of sp³-hybridized carbons (Fsp3) is 0.588. The molecule has 0 aromatic carbocycles. The van der Waals surface area contributed by atoms with Crippen molar-refractivity contribution in [1.82, 2.24) is 0 Å². The van der Waals surface area contributed by atoms with Crippen molar-refractivity contribution in [2.24, 2.45) is 23.7 Å². The normalized spacial score (nSPS) is 27.7. The molecule has 0 saturated carbocycles. The van der Waals surface area contributed by atoms with Gasteiger partial charge in [0.25, 0.3) is 0 Å². The lowest BCUT2D eigenvalue weighted by Gasteiger charge is -2.25. The molecule has 0 amide bonds.